The first-order chi connectivity index (χ1) is 15.3. The molecule has 2 N–H and O–H groups in total. The first-order valence-corrected chi connectivity index (χ1v) is 9.94. The molecule has 32 heavy (non-hydrogen) atoms. The van der Waals surface area contributed by atoms with Crippen LogP contribution < -0.4 is 20.7 Å². The number of nitrogens with one attached hydrogen (secondary N) is 1. The fourth-order valence-electron chi connectivity index (χ4n) is 3.07. The number of ether oxygens (including phenoxy) is 2. The second kappa shape index (κ2) is 9.78. The zero-order valence-corrected chi connectivity index (χ0v) is 17.7. The van der Waals surface area contributed by atoms with Crippen LogP contribution in [0.15, 0.2) is 63.7 Å². The summed E-state index contributed by atoms with van der Waals surface area (Å²) in [6.07, 6.45) is 2.28. The maximum absolute atomic E-state index is 12.7. The summed E-state index contributed by atoms with van der Waals surface area (Å²) >= 11 is 0. The number of aliphatic carboxylic acids is 1. The average molecular weight is 437 g/mol. The van der Waals surface area contributed by atoms with Crippen LogP contribution in [0.3, 0.4) is 0 Å². The molecule has 0 spiro atoms. The molecule has 0 saturated heterocycles. The third kappa shape index (κ3) is 4.77. The first kappa shape index (κ1) is 22.5. The van der Waals surface area contributed by atoms with Crippen molar-refractivity contribution in [2.75, 3.05) is 6.61 Å². The molecule has 0 unspecified atom stereocenters. The minimum absolute atomic E-state index is 0.291. The Labute approximate surface area is 183 Å². The Balaban J connectivity index is 2.08. The minimum Gasteiger partial charge on any atom is -0.490 e. The van der Waals surface area contributed by atoms with Gasteiger partial charge in [0.05, 0.1) is 23.7 Å². The van der Waals surface area contributed by atoms with Gasteiger partial charge in [0, 0.05) is 5.56 Å². The lowest BCUT2D eigenvalue weighted by atomic mass is 10.1. The number of aromatic amines is 1. The van der Waals surface area contributed by atoms with Gasteiger partial charge in [0.2, 0.25) is 0 Å². The van der Waals surface area contributed by atoms with Crippen molar-refractivity contribution in [2.24, 2.45) is 5.10 Å². The molecule has 166 valence electrons. The Bertz CT molecular complexity index is 1310. The highest BCUT2D eigenvalue weighted by atomic mass is 16.5. The van der Waals surface area contributed by atoms with Crippen LogP contribution in [0.1, 0.15) is 25.0 Å². The number of hydrogen-bond acceptors (Lipinski definition) is 6. The predicted molar refractivity (Wildman–Crippen MR) is 121 cm³/mol. The highest BCUT2D eigenvalue weighted by molar-refractivity contribution is 5.82. The molecule has 1 atom stereocenters. The van der Waals surface area contributed by atoms with Gasteiger partial charge in [-0.15, -0.1) is 11.3 Å². The van der Waals surface area contributed by atoms with Gasteiger partial charge in [-0.3, -0.25) is 4.79 Å². The average Bonchev–Trinajstić information content (AvgIpc) is 2.76. The monoisotopic (exact) mass is 437 g/mol. The second-order valence-corrected chi connectivity index (χ2v) is 6.87. The number of nitrogens with zero attached hydrogens (tertiary/aromatic N) is 2. The van der Waals surface area contributed by atoms with Crippen molar-refractivity contribution in [2.45, 2.75) is 26.4 Å². The van der Waals surface area contributed by atoms with E-state index in [0.717, 1.165) is 4.68 Å². The molecule has 0 radical (unpaired) electrons. The van der Waals surface area contributed by atoms with Gasteiger partial charge < -0.3 is 19.6 Å². The van der Waals surface area contributed by atoms with E-state index in [9.17, 15) is 19.5 Å². The van der Waals surface area contributed by atoms with E-state index < -0.39 is 23.3 Å². The van der Waals surface area contributed by atoms with Gasteiger partial charge in [-0.1, -0.05) is 18.2 Å². The van der Waals surface area contributed by atoms with Crippen molar-refractivity contribution >= 4 is 23.1 Å². The minimum atomic E-state index is -1.11. The molecule has 0 aliphatic rings. The number of carbonyl (C=O) groups is 1. The molecule has 9 heteroatoms. The lowest BCUT2D eigenvalue weighted by molar-refractivity contribution is -0.144. The molecule has 1 heterocycles. The van der Waals surface area contributed by atoms with Crippen LogP contribution >= 0.6 is 0 Å². The zero-order chi connectivity index (χ0) is 23.3. The van der Waals surface area contributed by atoms with Crippen LogP contribution in [0.5, 0.6) is 11.5 Å². The summed E-state index contributed by atoms with van der Waals surface area (Å²) in [4.78, 5) is 38.9. The van der Waals surface area contributed by atoms with Gasteiger partial charge in [-0.05, 0) is 50.1 Å². The van der Waals surface area contributed by atoms with Crippen molar-refractivity contribution < 1.29 is 19.4 Å². The summed E-state index contributed by atoms with van der Waals surface area (Å²) in [7, 11) is 0. The number of benzene rings is 2. The molecule has 0 aliphatic carbocycles. The Kier molecular flexibility index (Phi) is 6.89. The summed E-state index contributed by atoms with van der Waals surface area (Å²) in [5.41, 5.74) is 0.360. The molecule has 0 fully saturated rings. The molecule has 0 aliphatic heterocycles. The van der Waals surface area contributed by atoms with Gasteiger partial charge in [-0.2, -0.15) is 5.10 Å². The number of aromatic nitrogens is 2. The Morgan fingerprint density at radius 3 is 2.75 bits per heavy atom. The third-order valence-electron chi connectivity index (χ3n) is 4.57. The van der Waals surface area contributed by atoms with E-state index in [2.05, 4.69) is 16.7 Å². The van der Waals surface area contributed by atoms with Crippen LogP contribution in [-0.2, 0) is 11.2 Å². The number of carboxylic acids is 1. The maximum Gasteiger partial charge on any atom is 0.349 e. The predicted octanol–water partition coefficient (Wildman–Crippen LogP) is 2.55. The van der Waals surface area contributed by atoms with E-state index in [1.54, 1.807) is 49.4 Å². The van der Waals surface area contributed by atoms with Crippen LogP contribution in [0, 0.1) is 0 Å². The number of fused-ring (bicyclic) bond motifs is 1. The van der Waals surface area contributed by atoms with Crippen molar-refractivity contribution in [3.63, 3.8) is 0 Å². The van der Waals surface area contributed by atoms with Crippen molar-refractivity contribution in [1.29, 1.82) is 0 Å². The lowest BCUT2D eigenvalue weighted by Crippen LogP contribution is -2.32. The van der Waals surface area contributed by atoms with Crippen LogP contribution in [0.4, 0.5) is 0 Å². The summed E-state index contributed by atoms with van der Waals surface area (Å²) in [6, 6.07) is 9.96. The van der Waals surface area contributed by atoms with Gasteiger partial charge in [-0.25, -0.2) is 9.59 Å². The number of allylic oxidation sites excluding steroid dienone is 1. The Morgan fingerprint density at radius 1 is 1.31 bits per heavy atom. The van der Waals surface area contributed by atoms with E-state index in [4.69, 9.17) is 9.47 Å². The van der Waals surface area contributed by atoms with E-state index in [1.807, 2.05) is 0 Å². The molecular formula is C23H23N3O6. The van der Waals surface area contributed by atoms with Gasteiger partial charge in [0.1, 0.15) is 0 Å². The molecule has 3 rings (SSSR count). The first-order valence-electron chi connectivity index (χ1n) is 9.94. The van der Waals surface area contributed by atoms with Crippen molar-refractivity contribution in [3.8, 4) is 11.5 Å². The standard InChI is InChI=1S/C23H23N3O6/c1-4-8-16-11-15(12-19(31-5-2)20(16)32-14(3)22(28)29)13-24-26-21(27)17-9-6-7-10-18(17)25-23(26)30/h4,6-7,9-14H,1,5,8H2,2-3H3,(H,25,30)(H,28,29)/t14-/m0/s1. The highest BCUT2D eigenvalue weighted by Gasteiger charge is 2.19. The van der Waals surface area contributed by atoms with E-state index in [1.165, 1.54) is 13.1 Å². The second-order valence-electron chi connectivity index (χ2n) is 6.87. The SMILES string of the molecule is C=CCc1cc(C=Nn2c(=O)[nH]c3ccccc3c2=O)cc(OCC)c1O[C@@H](C)C(=O)O. The van der Waals surface area contributed by atoms with E-state index in [-0.39, 0.29) is 0 Å². The van der Waals surface area contributed by atoms with Gasteiger partial charge in [0.15, 0.2) is 17.6 Å². The topological polar surface area (TPSA) is 123 Å². The van der Waals surface area contributed by atoms with E-state index >= 15 is 0 Å². The normalized spacial score (nSPS) is 12.1. The highest BCUT2D eigenvalue weighted by Crippen LogP contribution is 2.34. The number of para-hydroxylation sites is 1. The lowest BCUT2D eigenvalue weighted by Gasteiger charge is -2.18. The summed E-state index contributed by atoms with van der Waals surface area (Å²) < 4.78 is 12.0. The summed E-state index contributed by atoms with van der Waals surface area (Å²) in [5.74, 6) is -0.502. The van der Waals surface area contributed by atoms with Crippen LogP contribution in [0.25, 0.3) is 10.9 Å². The molecule has 3 aromatic rings. The van der Waals surface area contributed by atoms with Crippen molar-refractivity contribution in [1.82, 2.24) is 9.66 Å². The summed E-state index contributed by atoms with van der Waals surface area (Å²) in [6.45, 7) is 7.24. The third-order valence-corrected chi connectivity index (χ3v) is 4.57. The number of carboxylic acid groups (broad SMARTS) is 1. The molecule has 0 saturated carbocycles. The fraction of sp³-hybridized carbons (Fsp3) is 0.217. The number of rotatable bonds is 9. The molecular weight excluding hydrogens is 414 g/mol. The molecule has 2 aromatic carbocycles. The maximum atomic E-state index is 12.7. The smallest absolute Gasteiger partial charge is 0.349 e. The number of H-pyrrole nitrogens is 1. The number of hydrogen-bond donors (Lipinski definition) is 2. The Hall–Kier alpha value is -4.14. The van der Waals surface area contributed by atoms with E-state index in [0.29, 0.717) is 46.6 Å². The quantitative estimate of drug-likeness (QED) is 0.392. The molecule has 0 amide bonds. The molecule has 9 nitrogen and oxygen atoms in total. The zero-order valence-electron chi connectivity index (χ0n) is 17.7. The molecule has 0 bridgehead atoms. The Morgan fingerprint density at radius 2 is 2.06 bits per heavy atom. The van der Waals surface area contributed by atoms with Gasteiger partial charge in [0.25, 0.3) is 5.56 Å². The van der Waals surface area contributed by atoms with Crippen LogP contribution in [0.2, 0.25) is 0 Å². The molecule has 1 aromatic heterocycles. The summed E-state index contributed by atoms with van der Waals surface area (Å²) in [5, 5.41) is 13.6. The largest absolute Gasteiger partial charge is 0.490 e. The fourth-order valence-corrected chi connectivity index (χ4v) is 3.07. The van der Waals surface area contributed by atoms with Gasteiger partial charge >= 0.3 is 11.7 Å². The van der Waals surface area contributed by atoms with Crippen LogP contribution in [-0.4, -0.2) is 39.7 Å². The van der Waals surface area contributed by atoms with Crippen molar-refractivity contribution in [3.05, 3.63) is 81.0 Å².